The summed E-state index contributed by atoms with van der Waals surface area (Å²) in [6, 6.07) is 1.43. The van der Waals surface area contributed by atoms with Crippen LogP contribution in [0.15, 0.2) is 18.7 Å². The van der Waals surface area contributed by atoms with Gasteiger partial charge in [0.05, 0.1) is 24.4 Å². The molecule has 0 aliphatic carbocycles. The van der Waals surface area contributed by atoms with Gasteiger partial charge in [-0.2, -0.15) is 0 Å². The maximum Gasteiger partial charge on any atom is 0.341 e. The Morgan fingerprint density at radius 3 is 2.62 bits per heavy atom. The molecule has 5 nitrogen and oxygen atoms in total. The van der Waals surface area contributed by atoms with Gasteiger partial charge in [-0.05, 0) is 19.4 Å². The van der Waals surface area contributed by atoms with Crippen LogP contribution in [0.5, 0.6) is 5.75 Å². The first-order chi connectivity index (χ1) is 9.96. The van der Waals surface area contributed by atoms with Crippen molar-refractivity contribution in [2.24, 2.45) is 0 Å². The summed E-state index contributed by atoms with van der Waals surface area (Å²) < 4.78 is 10.3. The highest BCUT2D eigenvalue weighted by molar-refractivity contribution is 6.34. The van der Waals surface area contributed by atoms with Crippen molar-refractivity contribution in [3.63, 3.8) is 0 Å². The van der Waals surface area contributed by atoms with Gasteiger partial charge in [-0.3, -0.25) is 4.79 Å². The summed E-state index contributed by atoms with van der Waals surface area (Å²) in [5.74, 6) is -0.479. The highest BCUT2D eigenvalue weighted by atomic mass is 35.5. The molecule has 0 saturated heterocycles. The Bertz CT molecular complexity index is 569. The number of carbonyl (C=O) groups is 2. The van der Waals surface area contributed by atoms with Gasteiger partial charge in [0, 0.05) is 12.5 Å². The molecule has 0 unspecified atom stereocenters. The van der Waals surface area contributed by atoms with Gasteiger partial charge in [0.1, 0.15) is 11.3 Å². The topological polar surface area (TPSA) is 64.6 Å². The minimum atomic E-state index is -0.556. The number of hydrogen-bond donors (Lipinski definition) is 1. The highest BCUT2D eigenvalue weighted by Crippen LogP contribution is 2.38. The maximum absolute atomic E-state index is 11.9. The highest BCUT2D eigenvalue weighted by Gasteiger charge is 2.23. The van der Waals surface area contributed by atoms with Gasteiger partial charge < -0.3 is 14.8 Å². The third-order valence-electron chi connectivity index (χ3n) is 2.67. The number of rotatable bonds is 6. The number of esters is 1. The zero-order valence-corrected chi connectivity index (χ0v) is 13.0. The molecule has 1 aromatic rings. The fourth-order valence-corrected chi connectivity index (χ4v) is 2.18. The van der Waals surface area contributed by atoms with Crippen molar-refractivity contribution in [3.05, 3.63) is 34.9 Å². The summed E-state index contributed by atoms with van der Waals surface area (Å²) in [6.45, 7) is 7.21. The van der Waals surface area contributed by atoms with E-state index in [2.05, 4.69) is 11.9 Å². The molecule has 0 saturated carbocycles. The maximum atomic E-state index is 11.9. The molecule has 6 heteroatoms. The molecule has 1 amide bonds. The van der Waals surface area contributed by atoms with Crippen molar-refractivity contribution in [2.45, 2.75) is 20.3 Å². The quantitative estimate of drug-likeness (QED) is 0.647. The van der Waals surface area contributed by atoms with E-state index in [9.17, 15) is 9.59 Å². The summed E-state index contributed by atoms with van der Waals surface area (Å²) in [6.07, 6.45) is 2.02. The van der Waals surface area contributed by atoms with E-state index < -0.39 is 5.97 Å². The third-order valence-corrected chi connectivity index (χ3v) is 2.97. The Hall–Kier alpha value is -2.01. The molecule has 0 atom stereocenters. The van der Waals surface area contributed by atoms with Crippen LogP contribution in [-0.2, 0) is 16.0 Å². The minimum Gasteiger partial charge on any atom is -0.493 e. The molecule has 1 N–H and O–H groups in total. The van der Waals surface area contributed by atoms with Crippen LogP contribution in [0, 0.1) is 0 Å². The Morgan fingerprint density at radius 2 is 2.14 bits per heavy atom. The summed E-state index contributed by atoms with van der Waals surface area (Å²) in [5.41, 5.74) is 1.23. The predicted molar refractivity (Wildman–Crippen MR) is 82.2 cm³/mol. The molecule has 0 radical (unpaired) electrons. The van der Waals surface area contributed by atoms with Crippen LogP contribution < -0.4 is 10.1 Å². The smallest absolute Gasteiger partial charge is 0.341 e. The van der Waals surface area contributed by atoms with Gasteiger partial charge in [0.2, 0.25) is 5.91 Å². The number of nitrogens with one attached hydrogen (secondary N) is 1. The Balaban J connectivity index is 3.60. The van der Waals surface area contributed by atoms with Crippen LogP contribution in [0.4, 0.5) is 5.69 Å². The Morgan fingerprint density at radius 1 is 1.48 bits per heavy atom. The van der Waals surface area contributed by atoms with Crippen LogP contribution in [0.2, 0.25) is 5.02 Å². The van der Waals surface area contributed by atoms with Crippen LogP contribution in [-0.4, -0.2) is 25.6 Å². The molecule has 0 aliphatic rings. The zero-order valence-electron chi connectivity index (χ0n) is 12.3. The first kappa shape index (κ1) is 17.0. The van der Waals surface area contributed by atoms with Crippen molar-refractivity contribution in [1.29, 1.82) is 0 Å². The van der Waals surface area contributed by atoms with E-state index in [-0.39, 0.29) is 16.5 Å². The first-order valence-corrected chi connectivity index (χ1v) is 6.78. The standard InChI is InChI=1S/C15H18ClNO4/c1-5-7-10-13(17-9(3)18)12(16)8-11(15(19)20-4)14(10)21-6-2/h5,8H,1,6-7H2,2-4H3,(H,17,18). The molecule has 0 spiro atoms. The fourth-order valence-electron chi connectivity index (χ4n) is 1.91. The Kier molecular flexibility index (Phi) is 6.24. The van der Waals surface area contributed by atoms with Crippen molar-refractivity contribution >= 4 is 29.2 Å². The number of hydrogen-bond acceptors (Lipinski definition) is 4. The van der Waals surface area contributed by atoms with Gasteiger partial charge >= 0.3 is 5.97 Å². The lowest BCUT2D eigenvalue weighted by molar-refractivity contribution is -0.114. The largest absolute Gasteiger partial charge is 0.493 e. The third kappa shape index (κ3) is 3.98. The lowest BCUT2D eigenvalue weighted by Gasteiger charge is -2.18. The number of methoxy groups -OCH3 is 1. The van der Waals surface area contributed by atoms with Gasteiger partial charge in [-0.15, -0.1) is 6.58 Å². The number of ether oxygens (including phenoxy) is 2. The summed E-state index contributed by atoms with van der Waals surface area (Å²) in [4.78, 5) is 23.2. The van der Waals surface area contributed by atoms with Crippen LogP contribution in [0.3, 0.4) is 0 Å². The van der Waals surface area contributed by atoms with Crippen molar-refractivity contribution in [2.75, 3.05) is 19.0 Å². The van der Waals surface area contributed by atoms with Crippen LogP contribution in [0.1, 0.15) is 29.8 Å². The minimum absolute atomic E-state index is 0.218. The molecule has 1 rings (SSSR count). The number of halogens is 1. The SMILES string of the molecule is C=CCc1c(NC(C)=O)c(Cl)cc(C(=O)OC)c1OCC. The second kappa shape index (κ2) is 7.69. The number of anilines is 1. The van der Waals surface area contributed by atoms with E-state index >= 15 is 0 Å². The average Bonchev–Trinajstić information content (AvgIpc) is 2.44. The predicted octanol–water partition coefficient (Wildman–Crippen LogP) is 3.21. The van der Waals surface area contributed by atoms with Crippen molar-refractivity contribution in [3.8, 4) is 5.75 Å². The summed E-state index contributed by atoms with van der Waals surface area (Å²) >= 11 is 6.18. The molecule has 0 heterocycles. The van der Waals surface area contributed by atoms with E-state index in [0.29, 0.717) is 30.0 Å². The average molecular weight is 312 g/mol. The molecular weight excluding hydrogens is 294 g/mol. The molecule has 0 bridgehead atoms. The normalized spacial score (nSPS) is 9.90. The fraction of sp³-hybridized carbons (Fsp3) is 0.333. The Labute approximate surface area is 128 Å². The molecular formula is C15H18ClNO4. The van der Waals surface area contributed by atoms with E-state index in [1.165, 1.54) is 20.1 Å². The van der Waals surface area contributed by atoms with Gasteiger partial charge in [-0.25, -0.2) is 4.79 Å². The van der Waals surface area contributed by atoms with E-state index in [0.717, 1.165) is 0 Å². The van der Waals surface area contributed by atoms with Crippen molar-refractivity contribution in [1.82, 2.24) is 0 Å². The van der Waals surface area contributed by atoms with E-state index in [4.69, 9.17) is 21.1 Å². The number of allylic oxidation sites excluding steroid dienone is 1. The van der Waals surface area contributed by atoms with Gasteiger partial charge in [0.25, 0.3) is 0 Å². The number of carbonyl (C=O) groups excluding carboxylic acids is 2. The lowest BCUT2D eigenvalue weighted by Crippen LogP contribution is -2.13. The van der Waals surface area contributed by atoms with Crippen LogP contribution >= 0.6 is 11.6 Å². The van der Waals surface area contributed by atoms with E-state index in [1.807, 2.05) is 0 Å². The van der Waals surface area contributed by atoms with Crippen molar-refractivity contribution < 1.29 is 19.1 Å². The second-order valence-electron chi connectivity index (χ2n) is 4.19. The first-order valence-electron chi connectivity index (χ1n) is 6.41. The molecule has 0 fully saturated rings. The second-order valence-corrected chi connectivity index (χ2v) is 4.59. The summed E-state index contributed by atoms with van der Waals surface area (Å²) in [5, 5.41) is 2.90. The lowest BCUT2D eigenvalue weighted by atomic mass is 10.0. The van der Waals surface area contributed by atoms with Gasteiger partial charge in [0.15, 0.2) is 0 Å². The van der Waals surface area contributed by atoms with Gasteiger partial charge in [-0.1, -0.05) is 17.7 Å². The zero-order chi connectivity index (χ0) is 16.0. The molecule has 114 valence electrons. The number of benzene rings is 1. The monoisotopic (exact) mass is 311 g/mol. The summed E-state index contributed by atoms with van der Waals surface area (Å²) in [7, 11) is 1.28. The molecule has 0 aromatic heterocycles. The molecule has 0 aliphatic heterocycles. The van der Waals surface area contributed by atoms with Crippen LogP contribution in [0.25, 0.3) is 0 Å². The van der Waals surface area contributed by atoms with E-state index in [1.54, 1.807) is 13.0 Å². The number of amides is 1. The molecule has 21 heavy (non-hydrogen) atoms. The molecule has 1 aromatic carbocycles.